The van der Waals surface area contributed by atoms with Crippen LogP contribution in [0.3, 0.4) is 0 Å². The minimum Gasteiger partial charge on any atom is -0.489 e. The van der Waals surface area contributed by atoms with Crippen LogP contribution in [0.15, 0.2) is 61.2 Å². The van der Waals surface area contributed by atoms with E-state index in [1.165, 1.54) is 18.5 Å². The van der Waals surface area contributed by atoms with Crippen LogP contribution >= 0.6 is 0 Å². The minimum atomic E-state index is -0.487. The van der Waals surface area contributed by atoms with Gasteiger partial charge in [-0.2, -0.15) is 10.4 Å². The molecule has 2 N–H and O–H groups in total. The molecule has 0 bridgehead atoms. The normalized spacial score (nSPS) is 15.0. The number of halogens is 1. The van der Waals surface area contributed by atoms with Crippen LogP contribution in [-0.2, 0) is 6.61 Å². The second kappa shape index (κ2) is 11.1. The first-order valence-electron chi connectivity index (χ1n) is 13.1. The molecule has 0 unspecified atom stereocenters. The van der Waals surface area contributed by atoms with Crippen molar-refractivity contribution < 1.29 is 13.9 Å². The highest BCUT2D eigenvalue weighted by atomic mass is 19.1. The van der Waals surface area contributed by atoms with Crippen LogP contribution in [0.1, 0.15) is 30.3 Å². The number of nitrogens with zero attached hydrogens (tertiary/aromatic N) is 8. The average molecular weight is 552 g/mol. The molecular weight excluding hydrogens is 525 g/mol. The standard InChI is InChI=1S/C29H26FN9O2/c1-18-33-12-19(13-34-18)15-40-24-9-21(30)10-25(11-24)41-23-6-4-20(5-7-23)27-26-28(32)35-17-36-29(26)39(37-27)22-3-2-8-38(14-22)16-31/h4-7,9-13,17,22H,2-3,8,14-15H2,1H3,(H2,32,35,36)/t22-/m1/s1. The Bertz CT molecular complexity index is 1730. The lowest BCUT2D eigenvalue weighted by Crippen LogP contribution is -2.33. The van der Waals surface area contributed by atoms with Crippen molar-refractivity contribution in [2.75, 3.05) is 18.8 Å². The summed E-state index contributed by atoms with van der Waals surface area (Å²) in [6.07, 6.45) is 8.76. The number of nitrogens with two attached hydrogens (primary N) is 1. The van der Waals surface area contributed by atoms with Crippen LogP contribution in [0.5, 0.6) is 17.2 Å². The van der Waals surface area contributed by atoms with Gasteiger partial charge in [-0.05, 0) is 44.0 Å². The number of hydrogen-bond acceptors (Lipinski definition) is 10. The molecule has 6 rings (SSSR count). The number of likely N-dealkylation sites (tertiary alicyclic amines) is 1. The molecule has 0 radical (unpaired) electrons. The number of aryl methyl sites for hydroxylation is 1. The zero-order chi connectivity index (χ0) is 28.3. The first kappa shape index (κ1) is 25.9. The van der Waals surface area contributed by atoms with E-state index in [0.29, 0.717) is 52.2 Å². The highest BCUT2D eigenvalue weighted by Crippen LogP contribution is 2.35. The molecule has 3 aromatic heterocycles. The van der Waals surface area contributed by atoms with Crippen molar-refractivity contribution in [1.29, 1.82) is 5.26 Å². The molecule has 2 aromatic carbocycles. The SMILES string of the molecule is Cc1ncc(COc2cc(F)cc(Oc3ccc(-c4nn([C@@H]5CCCN(C#N)C5)c5ncnc(N)c45)cc3)c2)cn1. The molecule has 4 heterocycles. The number of fused-ring (bicyclic) bond motifs is 1. The fourth-order valence-electron chi connectivity index (χ4n) is 4.85. The smallest absolute Gasteiger partial charge is 0.179 e. The van der Waals surface area contributed by atoms with Crippen molar-refractivity contribution in [3.8, 4) is 34.7 Å². The Morgan fingerprint density at radius 2 is 1.83 bits per heavy atom. The maximum atomic E-state index is 14.3. The van der Waals surface area contributed by atoms with Crippen molar-refractivity contribution >= 4 is 16.9 Å². The van der Waals surface area contributed by atoms with Gasteiger partial charge in [-0.25, -0.2) is 29.0 Å². The molecule has 5 aromatic rings. The first-order chi connectivity index (χ1) is 20.0. The predicted molar refractivity (Wildman–Crippen MR) is 148 cm³/mol. The topological polar surface area (TPSA) is 141 Å². The Labute approximate surface area is 235 Å². The van der Waals surface area contributed by atoms with Gasteiger partial charge in [0.25, 0.3) is 0 Å². The Morgan fingerprint density at radius 3 is 2.61 bits per heavy atom. The maximum absolute atomic E-state index is 14.3. The van der Waals surface area contributed by atoms with Gasteiger partial charge in [-0.3, -0.25) is 0 Å². The summed E-state index contributed by atoms with van der Waals surface area (Å²) < 4.78 is 27.9. The lowest BCUT2D eigenvalue weighted by molar-refractivity contribution is 0.236. The van der Waals surface area contributed by atoms with Gasteiger partial charge >= 0.3 is 0 Å². The molecule has 0 saturated carbocycles. The van der Waals surface area contributed by atoms with E-state index in [1.54, 1.807) is 42.4 Å². The van der Waals surface area contributed by atoms with E-state index >= 15 is 0 Å². The summed E-state index contributed by atoms with van der Waals surface area (Å²) in [7, 11) is 0. The van der Waals surface area contributed by atoms with E-state index in [9.17, 15) is 9.65 Å². The second-order valence-corrected chi connectivity index (χ2v) is 9.77. The molecule has 1 saturated heterocycles. The van der Waals surface area contributed by atoms with Crippen molar-refractivity contribution in [1.82, 2.24) is 34.6 Å². The molecule has 1 atom stereocenters. The highest BCUT2D eigenvalue weighted by molar-refractivity contribution is 5.98. The summed E-state index contributed by atoms with van der Waals surface area (Å²) in [6, 6.07) is 11.4. The van der Waals surface area contributed by atoms with Crippen LogP contribution in [0.2, 0.25) is 0 Å². The Kier molecular flexibility index (Phi) is 6.99. The molecule has 1 aliphatic heterocycles. The van der Waals surface area contributed by atoms with E-state index in [4.69, 9.17) is 20.3 Å². The summed E-state index contributed by atoms with van der Waals surface area (Å²) in [5, 5.41) is 14.9. The maximum Gasteiger partial charge on any atom is 0.179 e. The summed E-state index contributed by atoms with van der Waals surface area (Å²) in [4.78, 5) is 18.7. The minimum absolute atomic E-state index is 0.0144. The van der Waals surface area contributed by atoms with Gasteiger partial charge in [0, 0.05) is 48.3 Å². The van der Waals surface area contributed by atoms with Crippen molar-refractivity contribution in [2.45, 2.75) is 32.4 Å². The third-order valence-electron chi connectivity index (χ3n) is 6.85. The largest absolute Gasteiger partial charge is 0.489 e. The molecule has 41 heavy (non-hydrogen) atoms. The second-order valence-electron chi connectivity index (χ2n) is 9.77. The van der Waals surface area contributed by atoms with Gasteiger partial charge in [0.05, 0.1) is 18.0 Å². The predicted octanol–water partition coefficient (Wildman–Crippen LogP) is 4.80. The first-order valence-corrected chi connectivity index (χ1v) is 13.1. The summed E-state index contributed by atoms with van der Waals surface area (Å²) in [6.45, 7) is 3.29. The molecule has 0 spiro atoms. The molecule has 0 amide bonds. The molecule has 1 aliphatic rings. The highest BCUT2D eigenvalue weighted by Gasteiger charge is 2.26. The zero-order valence-electron chi connectivity index (χ0n) is 22.2. The van der Waals surface area contributed by atoms with Crippen LogP contribution < -0.4 is 15.2 Å². The number of nitrogen functional groups attached to an aromatic ring is 1. The van der Waals surface area contributed by atoms with Crippen LogP contribution in [0.25, 0.3) is 22.3 Å². The van der Waals surface area contributed by atoms with Crippen molar-refractivity contribution in [3.05, 3.63) is 78.4 Å². The molecule has 1 fully saturated rings. The monoisotopic (exact) mass is 551 g/mol. The van der Waals surface area contributed by atoms with Crippen LogP contribution in [0.4, 0.5) is 10.2 Å². The average Bonchev–Trinajstić information content (AvgIpc) is 3.38. The number of ether oxygens (including phenoxy) is 2. The number of piperidine rings is 1. The van der Waals surface area contributed by atoms with E-state index in [1.807, 2.05) is 16.8 Å². The van der Waals surface area contributed by atoms with Gasteiger partial charge in [0.2, 0.25) is 0 Å². The van der Waals surface area contributed by atoms with E-state index in [0.717, 1.165) is 30.5 Å². The summed E-state index contributed by atoms with van der Waals surface area (Å²) in [5.74, 6) is 1.62. The fraction of sp³-hybridized carbons (Fsp3) is 0.241. The van der Waals surface area contributed by atoms with Gasteiger partial charge < -0.3 is 20.1 Å². The number of anilines is 1. The quantitative estimate of drug-likeness (QED) is 0.280. The summed E-state index contributed by atoms with van der Waals surface area (Å²) >= 11 is 0. The van der Waals surface area contributed by atoms with Gasteiger partial charge in [-0.15, -0.1) is 0 Å². The Balaban J connectivity index is 1.23. The van der Waals surface area contributed by atoms with Gasteiger partial charge in [-0.1, -0.05) is 0 Å². The molecule has 11 nitrogen and oxygen atoms in total. The molecule has 206 valence electrons. The van der Waals surface area contributed by atoms with Gasteiger partial charge in [0.15, 0.2) is 11.8 Å². The number of hydrogen-bond donors (Lipinski definition) is 1. The fourth-order valence-corrected chi connectivity index (χ4v) is 4.85. The Morgan fingerprint density at radius 1 is 1.05 bits per heavy atom. The number of rotatable bonds is 7. The number of benzene rings is 2. The summed E-state index contributed by atoms with van der Waals surface area (Å²) in [5.41, 5.74) is 9.10. The number of aromatic nitrogens is 6. The third-order valence-corrected chi connectivity index (χ3v) is 6.85. The van der Waals surface area contributed by atoms with Crippen molar-refractivity contribution in [2.24, 2.45) is 0 Å². The van der Waals surface area contributed by atoms with Crippen LogP contribution in [0, 0.1) is 24.2 Å². The van der Waals surface area contributed by atoms with Crippen LogP contribution in [-0.4, -0.2) is 47.7 Å². The molecule has 0 aliphatic carbocycles. The van der Waals surface area contributed by atoms with E-state index < -0.39 is 5.82 Å². The van der Waals surface area contributed by atoms with E-state index in [2.05, 4.69) is 26.1 Å². The third kappa shape index (κ3) is 5.56. The lowest BCUT2D eigenvalue weighted by atomic mass is 10.1. The molecule has 12 heteroatoms. The lowest BCUT2D eigenvalue weighted by Gasteiger charge is -2.28. The Hall–Kier alpha value is -5.31. The van der Waals surface area contributed by atoms with Crippen molar-refractivity contribution in [3.63, 3.8) is 0 Å². The zero-order valence-corrected chi connectivity index (χ0v) is 22.2. The van der Waals surface area contributed by atoms with E-state index in [-0.39, 0.29) is 12.6 Å². The van der Waals surface area contributed by atoms with Gasteiger partial charge in [0.1, 0.15) is 53.3 Å². The molecular formula is C29H26FN9O2. The number of nitriles is 1.